The standard InChI is InChI=1S/C9H10N2O2S/c12-9(7-5-14-6-11-7)13-8-3-1-2-4-10-8/h1-4,7,11H,5-6H2. The van der Waals surface area contributed by atoms with Gasteiger partial charge in [0.05, 0.1) is 0 Å². The van der Waals surface area contributed by atoms with Crippen LogP contribution in [0.5, 0.6) is 5.88 Å². The molecule has 0 aliphatic carbocycles. The minimum atomic E-state index is -0.256. The number of rotatable bonds is 2. The van der Waals surface area contributed by atoms with E-state index in [1.807, 2.05) is 0 Å². The van der Waals surface area contributed by atoms with Gasteiger partial charge in [0.1, 0.15) is 6.04 Å². The summed E-state index contributed by atoms with van der Waals surface area (Å²) in [5, 5.41) is 3.04. The van der Waals surface area contributed by atoms with Crippen LogP contribution in [0.25, 0.3) is 0 Å². The molecular weight excluding hydrogens is 200 g/mol. The first-order valence-electron chi connectivity index (χ1n) is 4.30. The Labute approximate surface area is 86.1 Å². The Hall–Kier alpha value is -1.07. The fraction of sp³-hybridized carbons (Fsp3) is 0.333. The molecule has 74 valence electrons. The van der Waals surface area contributed by atoms with Gasteiger partial charge in [-0.25, -0.2) is 9.78 Å². The first kappa shape index (κ1) is 9.48. The zero-order valence-corrected chi connectivity index (χ0v) is 8.29. The molecule has 1 fully saturated rings. The lowest BCUT2D eigenvalue weighted by atomic mass is 10.3. The van der Waals surface area contributed by atoms with Crippen LogP contribution in [-0.2, 0) is 4.79 Å². The molecule has 1 saturated heterocycles. The number of hydrogen-bond acceptors (Lipinski definition) is 5. The Morgan fingerprint density at radius 2 is 2.57 bits per heavy atom. The molecule has 1 unspecified atom stereocenters. The molecule has 1 aliphatic rings. The van der Waals surface area contributed by atoms with Gasteiger partial charge >= 0.3 is 5.97 Å². The van der Waals surface area contributed by atoms with Gasteiger partial charge in [-0.05, 0) is 6.07 Å². The normalized spacial score (nSPS) is 20.7. The highest BCUT2D eigenvalue weighted by atomic mass is 32.2. The second kappa shape index (κ2) is 4.43. The molecule has 0 amide bonds. The van der Waals surface area contributed by atoms with E-state index in [1.165, 1.54) is 0 Å². The first-order valence-corrected chi connectivity index (χ1v) is 5.45. The molecule has 0 bridgehead atoms. The molecule has 1 atom stereocenters. The highest BCUT2D eigenvalue weighted by Crippen LogP contribution is 2.12. The maximum Gasteiger partial charge on any atom is 0.330 e. The minimum absolute atomic E-state index is 0.193. The highest BCUT2D eigenvalue weighted by Gasteiger charge is 2.24. The van der Waals surface area contributed by atoms with Crippen LogP contribution in [0.3, 0.4) is 0 Å². The summed E-state index contributed by atoms with van der Waals surface area (Å²) in [6, 6.07) is 5.04. The van der Waals surface area contributed by atoms with Gasteiger partial charge in [0, 0.05) is 23.9 Å². The van der Waals surface area contributed by atoms with Crippen molar-refractivity contribution in [1.82, 2.24) is 10.3 Å². The number of esters is 1. The summed E-state index contributed by atoms with van der Waals surface area (Å²) < 4.78 is 5.07. The Morgan fingerprint density at radius 3 is 3.21 bits per heavy atom. The zero-order chi connectivity index (χ0) is 9.80. The van der Waals surface area contributed by atoms with Gasteiger partial charge in [0.2, 0.25) is 5.88 Å². The van der Waals surface area contributed by atoms with Gasteiger partial charge in [-0.1, -0.05) is 6.07 Å². The maximum absolute atomic E-state index is 11.5. The van der Waals surface area contributed by atoms with Crippen LogP contribution in [0.4, 0.5) is 0 Å². The third-order valence-corrected chi connectivity index (χ3v) is 2.78. The van der Waals surface area contributed by atoms with E-state index in [9.17, 15) is 4.79 Å². The number of pyridine rings is 1. The fourth-order valence-electron chi connectivity index (χ4n) is 1.13. The van der Waals surface area contributed by atoms with Crippen LogP contribution < -0.4 is 10.1 Å². The number of carbonyl (C=O) groups excluding carboxylic acids is 1. The molecule has 5 heteroatoms. The van der Waals surface area contributed by atoms with Gasteiger partial charge in [-0.2, -0.15) is 0 Å². The lowest BCUT2D eigenvalue weighted by Crippen LogP contribution is -2.36. The summed E-state index contributed by atoms with van der Waals surface area (Å²) in [5.74, 6) is 1.68. The van der Waals surface area contributed by atoms with Crippen LogP contribution in [0.1, 0.15) is 0 Å². The van der Waals surface area contributed by atoms with Crippen molar-refractivity contribution in [2.75, 3.05) is 11.6 Å². The van der Waals surface area contributed by atoms with Crippen molar-refractivity contribution in [3.63, 3.8) is 0 Å². The van der Waals surface area contributed by atoms with E-state index in [0.717, 1.165) is 11.6 Å². The zero-order valence-electron chi connectivity index (χ0n) is 7.47. The summed E-state index contributed by atoms with van der Waals surface area (Å²) in [4.78, 5) is 15.4. The largest absolute Gasteiger partial charge is 0.406 e. The van der Waals surface area contributed by atoms with Crippen molar-refractivity contribution in [3.8, 4) is 5.88 Å². The van der Waals surface area contributed by atoms with Gasteiger partial charge in [0.25, 0.3) is 0 Å². The molecule has 2 rings (SSSR count). The van der Waals surface area contributed by atoms with Crippen molar-refractivity contribution < 1.29 is 9.53 Å². The predicted octanol–water partition coefficient (Wildman–Crippen LogP) is 0.649. The van der Waals surface area contributed by atoms with Crippen LogP contribution in [0.15, 0.2) is 24.4 Å². The third-order valence-electron chi connectivity index (χ3n) is 1.84. The Morgan fingerprint density at radius 1 is 1.64 bits per heavy atom. The molecule has 1 aromatic heterocycles. The molecule has 14 heavy (non-hydrogen) atoms. The van der Waals surface area contributed by atoms with E-state index in [1.54, 1.807) is 36.2 Å². The van der Waals surface area contributed by atoms with Crippen molar-refractivity contribution >= 4 is 17.7 Å². The lowest BCUT2D eigenvalue weighted by molar-refractivity contribution is -0.136. The van der Waals surface area contributed by atoms with E-state index >= 15 is 0 Å². The number of thioether (sulfide) groups is 1. The molecule has 0 radical (unpaired) electrons. The molecular formula is C9H10N2O2S. The average molecular weight is 210 g/mol. The van der Waals surface area contributed by atoms with Gasteiger partial charge < -0.3 is 4.74 Å². The smallest absolute Gasteiger partial charge is 0.330 e. The summed E-state index contributed by atoms with van der Waals surface area (Å²) in [5.41, 5.74) is 0. The Kier molecular flexibility index (Phi) is 3.00. The second-order valence-corrected chi connectivity index (χ2v) is 3.89. The molecule has 0 spiro atoms. The number of carbonyl (C=O) groups is 1. The fourth-order valence-corrected chi connectivity index (χ4v) is 2.05. The number of ether oxygens (including phenoxy) is 1. The van der Waals surface area contributed by atoms with Crippen molar-refractivity contribution in [2.45, 2.75) is 6.04 Å². The quantitative estimate of drug-likeness (QED) is 0.726. The summed E-state index contributed by atoms with van der Waals surface area (Å²) >= 11 is 1.69. The number of nitrogens with zero attached hydrogens (tertiary/aromatic N) is 1. The van der Waals surface area contributed by atoms with Gasteiger partial charge in [0.15, 0.2) is 0 Å². The second-order valence-electron chi connectivity index (χ2n) is 2.86. The molecule has 2 heterocycles. The van der Waals surface area contributed by atoms with Crippen LogP contribution in [0, 0.1) is 0 Å². The molecule has 1 aliphatic heterocycles. The molecule has 0 aromatic carbocycles. The van der Waals surface area contributed by atoms with Gasteiger partial charge in [-0.15, -0.1) is 11.8 Å². The van der Waals surface area contributed by atoms with E-state index in [2.05, 4.69) is 10.3 Å². The third kappa shape index (κ3) is 2.24. The highest BCUT2D eigenvalue weighted by molar-refractivity contribution is 7.99. The summed E-state index contributed by atoms with van der Waals surface area (Å²) in [6.45, 7) is 0. The first-order chi connectivity index (χ1) is 6.86. The van der Waals surface area contributed by atoms with Crippen molar-refractivity contribution in [1.29, 1.82) is 0 Å². The van der Waals surface area contributed by atoms with Crippen molar-refractivity contribution in [2.24, 2.45) is 0 Å². The molecule has 1 N–H and O–H groups in total. The van der Waals surface area contributed by atoms with Crippen LogP contribution in [-0.4, -0.2) is 28.6 Å². The van der Waals surface area contributed by atoms with E-state index < -0.39 is 0 Å². The van der Waals surface area contributed by atoms with Crippen molar-refractivity contribution in [3.05, 3.63) is 24.4 Å². The Bertz CT molecular complexity index is 312. The number of hydrogen-bond donors (Lipinski definition) is 1. The summed E-state index contributed by atoms with van der Waals surface area (Å²) in [7, 11) is 0. The number of nitrogens with one attached hydrogen (secondary N) is 1. The average Bonchev–Trinajstić information content (AvgIpc) is 2.72. The molecule has 0 saturated carbocycles. The van der Waals surface area contributed by atoms with Gasteiger partial charge in [-0.3, -0.25) is 5.32 Å². The topological polar surface area (TPSA) is 51.2 Å². The lowest BCUT2D eigenvalue weighted by Gasteiger charge is -2.07. The van der Waals surface area contributed by atoms with Crippen LogP contribution >= 0.6 is 11.8 Å². The van der Waals surface area contributed by atoms with E-state index in [-0.39, 0.29) is 12.0 Å². The SMILES string of the molecule is O=C(Oc1ccccn1)C1CSCN1. The molecule has 1 aromatic rings. The van der Waals surface area contributed by atoms with Crippen LogP contribution in [0.2, 0.25) is 0 Å². The van der Waals surface area contributed by atoms with E-state index in [0.29, 0.717) is 5.88 Å². The monoisotopic (exact) mass is 210 g/mol. The summed E-state index contributed by atoms with van der Waals surface area (Å²) in [6.07, 6.45) is 1.60. The molecule has 4 nitrogen and oxygen atoms in total. The minimum Gasteiger partial charge on any atom is -0.406 e. The number of aromatic nitrogens is 1. The van der Waals surface area contributed by atoms with E-state index in [4.69, 9.17) is 4.74 Å². The predicted molar refractivity (Wildman–Crippen MR) is 54.1 cm³/mol. The Balaban J connectivity index is 1.94. The maximum atomic E-state index is 11.5.